The van der Waals surface area contributed by atoms with Gasteiger partial charge < -0.3 is 20.6 Å². The Morgan fingerprint density at radius 1 is 1.00 bits per heavy atom. The van der Waals surface area contributed by atoms with Gasteiger partial charge in [-0.2, -0.15) is 0 Å². The Kier molecular flexibility index (Phi) is 11.1. The zero-order chi connectivity index (χ0) is 25.3. The van der Waals surface area contributed by atoms with Crippen LogP contribution in [0, 0.1) is 11.6 Å². The van der Waals surface area contributed by atoms with Gasteiger partial charge in [0.15, 0.2) is 0 Å². The van der Waals surface area contributed by atoms with Crippen LogP contribution in [0.25, 0.3) is 0 Å². The van der Waals surface area contributed by atoms with Crippen LogP contribution in [0.4, 0.5) is 8.78 Å². The summed E-state index contributed by atoms with van der Waals surface area (Å²) in [5, 5.41) is 16.1. The van der Waals surface area contributed by atoms with E-state index in [1.807, 2.05) is 13.8 Å². The maximum Gasteiger partial charge on any atom is 0.253 e. The third-order valence-electron chi connectivity index (χ3n) is 5.25. The highest BCUT2D eigenvalue weighted by molar-refractivity contribution is 9.10. The quantitative estimate of drug-likeness (QED) is 0.382. The monoisotopic (exact) mass is 539 g/mol. The number of nitrogens with one attached hydrogen (secondary N) is 2. The number of amides is 2. The van der Waals surface area contributed by atoms with E-state index < -0.39 is 29.7 Å². The molecular formula is C25H32BrF2N3O3. The third kappa shape index (κ3) is 8.14. The second-order valence-corrected chi connectivity index (χ2v) is 9.12. The van der Waals surface area contributed by atoms with E-state index >= 15 is 0 Å². The molecule has 34 heavy (non-hydrogen) atoms. The van der Waals surface area contributed by atoms with E-state index in [1.165, 1.54) is 18.2 Å². The number of aliphatic hydroxyl groups is 1. The van der Waals surface area contributed by atoms with Crippen molar-refractivity contribution < 1.29 is 23.5 Å². The Bertz CT molecular complexity index is 964. The van der Waals surface area contributed by atoms with Gasteiger partial charge >= 0.3 is 0 Å². The lowest BCUT2D eigenvalue weighted by Crippen LogP contribution is -2.48. The molecular weight excluding hydrogens is 508 g/mol. The molecule has 0 radical (unpaired) electrons. The van der Waals surface area contributed by atoms with Crippen LogP contribution in [-0.4, -0.2) is 60.6 Å². The molecule has 0 aliphatic carbocycles. The molecule has 3 N–H and O–H groups in total. The van der Waals surface area contributed by atoms with E-state index in [1.54, 1.807) is 24.1 Å². The maximum absolute atomic E-state index is 13.7. The number of benzene rings is 2. The van der Waals surface area contributed by atoms with Gasteiger partial charge in [-0.3, -0.25) is 9.59 Å². The minimum Gasteiger partial charge on any atom is -0.390 e. The number of rotatable bonds is 12. The lowest BCUT2D eigenvalue weighted by Gasteiger charge is -2.25. The molecule has 0 aromatic heterocycles. The number of likely N-dealkylation sites (N-methyl/N-ethyl adjacent to an activating group) is 1. The van der Waals surface area contributed by atoms with Crippen molar-refractivity contribution in [2.24, 2.45) is 0 Å². The molecule has 0 aliphatic heterocycles. The third-order valence-corrected chi connectivity index (χ3v) is 5.71. The molecule has 0 fully saturated rings. The van der Waals surface area contributed by atoms with Crippen LogP contribution in [0.1, 0.15) is 53.0 Å². The highest BCUT2D eigenvalue weighted by atomic mass is 79.9. The summed E-state index contributed by atoms with van der Waals surface area (Å²) in [5.74, 6) is -2.14. The number of carbonyl (C=O) groups is 2. The molecule has 6 nitrogen and oxygen atoms in total. The van der Waals surface area contributed by atoms with E-state index in [9.17, 15) is 23.5 Å². The predicted octanol–water partition coefficient (Wildman–Crippen LogP) is 3.91. The fraction of sp³-hybridized carbons (Fsp3) is 0.440. The molecule has 9 heteroatoms. The van der Waals surface area contributed by atoms with Gasteiger partial charge in [0.2, 0.25) is 0 Å². The van der Waals surface area contributed by atoms with Crippen molar-refractivity contribution >= 4 is 27.7 Å². The van der Waals surface area contributed by atoms with Crippen molar-refractivity contribution in [3.63, 3.8) is 0 Å². The van der Waals surface area contributed by atoms with Crippen molar-refractivity contribution in [3.8, 4) is 0 Å². The minimum absolute atomic E-state index is 0.0177. The molecule has 2 amide bonds. The van der Waals surface area contributed by atoms with Gasteiger partial charge in [0, 0.05) is 41.3 Å². The zero-order valence-electron chi connectivity index (χ0n) is 19.7. The Morgan fingerprint density at radius 3 is 2.15 bits per heavy atom. The molecule has 2 rings (SSSR count). The number of halogens is 3. The second kappa shape index (κ2) is 13.5. The molecule has 2 aromatic carbocycles. The summed E-state index contributed by atoms with van der Waals surface area (Å²) in [4.78, 5) is 27.9. The van der Waals surface area contributed by atoms with E-state index in [4.69, 9.17) is 0 Å². The average Bonchev–Trinajstić information content (AvgIpc) is 2.77. The summed E-state index contributed by atoms with van der Waals surface area (Å²) in [6.07, 6.45) is 0.639. The van der Waals surface area contributed by atoms with Crippen molar-refractivity contribution in [2.45, 2.75) is 45.3 Å². The van der Waals surface area contributed by atoms with Crippen LogP contribution >= 0.6 is 15.9 Å². The Balaban J connectivity index is 2.29. The van der Waals surface area contributed by atoms with Gasteiger partial charge in [0.25, 0.3) is 11.8 Å². The number of hydrogen-bond acceptors (Lipinski definition) is 4. The van der Waals surface area contributed by atoms with Crippen molar-refractivity contribution in [1.29, 1.82) is 0 Å². The smallest absolute Gasteiger partial charge is 0.253 e. The van der Waals surface area contributed by atoms with Crippen molar-refractivity contribution in [3.05, 3.63) is 69.2 Å². The molecule has 186 valence electrons. The van der Waals surface area contributed by atoms with Crippen LogP contribution in [0.15, 0.2) is 40.9 Å². The van der Waals surface area contributed by atoms with Gasteiger partial charge in [-0.25, -0.2) is 8.78 Å². The molecule has 0 unspecified atom stereocenters. The SMILES string of the molecule is CCCN(CCC)C(=O)c1cc(Br)cc(C(=O)N[C@@H](Cc2cc(F)cc(F)c2)[C@H](O)CNC)c1. The van der Waals surface area contributed by atoms with Gasteiger partial charge in [-0.15, -0.1) is 0 Å². The molecule has 2 aromatic rings. The zero-order valence-corrected chi connectivity index (χ0v) is 21.3. The van der Waals surface area contributed by atoms with Crippen LogP contribution < -0.4 is 10.6 Å². The fourth-order valence-electron chi connectivity index (χ4n) is 3.75. The topological polar surface area (TPSA) is 81.7 Å². The Morgan fingerprint density at radius 2 is 1.59 bits per heavy atom. The first-order valence-electron chi connectivity index (χ1n) is 11.4. The molecule has 0 heterocycles. The average molecular weight is 540 g/mol. The first-order valence-corrected chi connectivity index (χ1v) is 12.2. The summed E-state index contributed by atoms with van der Waals surface area (Å²) < 4.78 is 27.9. The molecule has 0 spiro atoms. The van der Waals surface area contributed by atoms with E-state index in [0.717, 1.165) is 18.9 Å². The lowest BCUT2D eigenvalue weighted by molar-refractivity contribution is 0.0755. The van der Waals surface area contributed by atoms with Gasteiger partial charge in [-0.05, 0) is 62.2 Å². The normalized spacial score (nSPS) is 12.8. The van der Waals surface area contributed by atoms with Crippen molar-refractivity contribution in [2.75, 3.05) is 26.7 Å². The summed E-state index contributed by atoms with van der Waals surface area (Å²) in [7, 11) is 1.65. The molecule has 0 saturated heterocycles. The fourth-order valence-corrected chi connectivity index (χ4v) is 4.24. The van der Waals surface area contributed by atoms with Crippen LogP contribution in [0.2, 0.25) is 0 Å². The number of aliphatic hydroxyl groups excluding tert-OH is 1. The van der Waals surface area contributed by atoms with Crippen LogP contribution in [-0.2, 0) is 6.42 Å². The Labute approximate surface area is 207 Å². The number of carbonyl (C=O) groups excluding carboxylic acids is 2. The predicted molar refractivity (Wildman–Crippen MR) is 132 cm³/mol. The number of nitrogens with zero attached hydrogens (tertiary/aromatic N) is 1. The van der Waals surface area contributed by atoms with Crippen LogP contribution in [0.3, 0.4) is 0 Å². The molecule has 2 atom stereocenters. The van der Waals surface area contributed by atoms with Gasteiger partial charge in [0.1, 0.15) is 11.6 Å². The molecule has 0 saturated carbocycles. The summed E-state index contributed by atoms with van der Waals surface area (Å²) >= 11 is 3.37. The first kappa shape index (κ1) is 27.9. The summed E-state index contributed by atoms with van der Waals surface area (Å²) in [6.45, 7) is 5.38. The summed E-state index contributed by atoms with van der Waals surface area (Å²) in [5.41, 5.74) is 0.913. The second-order valence-electron chi connectivity index (χ2n) is 8.21. The highest BCUT2D eigenvalue weighted by Crippen LogP contribution is 2.19. The molecule has 0 aliphatic rings. The summed E-state index contributed by atoms with van der Waals surface area (Å²) in [6, 6.07) is 7.04. The molecule has 0 bridgehead atoms. The van der Waals surface area contributed by atoms with Crippen molar-refractivity contribution in [1.82, 2.24) is 15.5 Å². The van der Waals surface area contributed by atoms with E-state index in [2.05, 4.69) is 26.6 Å². The van der Waals surface area contributed by atoms with Crippen LogP contribution in [0.5, 0.6) is 0 Å². The van der Waals surface area contributed by atoms with Gasteiger partial charge in [-0.1, -0.05) is 29.8 Å². The van der Waals surface area contributed by atoms with E-state index in [0.29, 0.717) is 28.7 Å². The standard InChI is InChI=1S/C25H32BrF2N3O3/c1-4-6-31(7-5-2)25(34)18-11-17(12-19(26)13-18)24(33)30-22(23(32)15-29-3)10-16-8-20(27)14-21(28)9-16/h8-9,11-14,22-23,29,32H,4-7,10,15H2,1-3H3,(H,30,33)/t22-,23+/m0/s1. The highest BCUT2D eigenvalue weighted by Gasteiger charge is 2.24. The lowest BCUT2D eigenvalue weighted by atomic mass is 10.00. The largest absolute Gasteiger partial charge is 0.390 e. The Hall–Kier alpha value is -2.36. The van der Waals surface area contributed by atoms with Gasteiger partial charge in [0.05, 0.1) is 12.1 Å². The van der Waals surface area contributed by atoms with E-state index in [-0.39, 0.29) is 24.4 Å². The maximum atomic E-state index is 13.7. The number of hydrogen-bond donors (Lipinski definition) is 3. The first-order chi connectivity index (χ1) is 16.2. The minimum atomic E-state index is -1.02.